The number of hydrogen-bond donors (Lipinski definition) is 1. The first-order chi connectivity index (χ1) is 15.5. The lowest BCUT2D eigenvalue weighted by molar-refractivity contribution is -0.143. The van der Waals surface area contributed by atoms with Gasteiger partial charge < -0.3 is 9.30 Å². The van der Waals surface area contributed by atoms with Crippen LogP contribution in [0.4, 0.5) is 4.39 Å². The van der Waals surface area contributed by atoms with Crippen molar-refractivity contribution in [2.75, 3.05) is 19.7 Å². The van der Waals surface area contributed by atoms with Crippen LogP contribution in [-0.4, -0.2) is 51.1 Å². The number of nitrogens with zero attached hydrogens (tertiary/aromatic N) is 3. The van der Waals surface area contributed by atoms with E-state index in [4.69, 9.17) is 17.4 Å². The third-order valence-electron chi connectivity index (χ3n) is 5.92. The molecule has 0 bridgehead atoms. The molecule has 8 heteroatoms. The van der Waals surface area contributed by atoms with Crippen LogP contribution in [0.15, 0.2) is 42.4 Å². The quantitative estimate of drug-likeness (QED) is 0.484. The molecule has 1 aliphatic heterocycles. The number of ether oxygens (including phenoxy) is 1. The van der Waals surface area contributed by atoms with Crippen LogP contribution >= 0.6 is 12.6 Å². The van der Waals surface area contributed by atoms with Gasteiger partial charge in [0, 0.05) is 36.0 Å². The molecule has 2 unspecified atom stereocenters. The average molecular weight is 458 g/mol. The second-order valence-electron chi connectivity index (χ2n) is 8.37. The van der Waals surface area contributed by atoms with Crippen LogP contribution in [-0.2, 0) is 20.9 Å². The number of rotatable bonds is 8. The van der Waals surface area contributed by atoms with Gasteiger partial charge in [0.05, 0.1) is 24.7 Å². The van der Waals surface area contributed by atoms with Gasteiger partial charge in [0.2, 0.25) is 0 Å². The number of aromatic nitrogens is 2. The zero-order valence-electron chi connectivity index (χ0n) is 18.1. The second-order valence-corrected chi connectivity index (χ2v) is 8.99. The van der Waals surface area contributed by atoms with Crippen LogP contribution in [0.25, 0.3) is 6.08 Å². The van der Waals surface area contributed by atoms with E-state index in [9.17, 15) is 14.0 Å². The predicted octanol–water partition coefficient (Wildman–Crippen LogP) is 3.69. The fourth-order valence-electron chi connectivity index (χ4n) is 4.16. The van der Waals surface area contributed by atoms with Crippen LogP contribution in [0.1, 0.15) is 43.5 Å². The summed E-state index contributed by atoms with van der Waals surface area (Å²) in [5.74, 6) is -0.529. The molecule has 0 spiro atoms. The fourth-order valence-corrected chi connectivity index (χ4v) is 4.43. The van der Waals surface area contributed by atoms with Crippen LogP contribution in [0.2, 0.25) is 0 Å². The molecule has 1 aliphatic carbocycles. The summed E-state index contributed by atoms with van der Waals surface area (Å²) in [6.45, 7) is 3.39. The zero-order chi connectivity index (χ0) is 22.7. The first-order valence-corrected chi connectivity index (χ1v) is 11.6. The Morgan fingerprint density at radius 1 is 1.31 bits per heavy atom. The van der Waals surface area contributed by atoms with E-state index in [0.29, 0.717) is 31.0 Å². The fraction of sp³-hybridized carbons (Fsp3) is 0.458. The van der Waals surface area contributed by atoms with Gasteiger partial charge >= 0.3 is 5.97 Å². The molecule has 2 fully saturated rings. The van der Waals surface area contributed by atoms with Gasteiger partial charge in [0.1, 0.15) is 12.4 Å². The first-order valence-electron chi connectivity index (χ1n) is 11.0. The highest BCUT2D eigenvalue weighted by Gasteiger charge is 2.40. The van der Waals surface area contributed by atoms with Gasteiger partial charge in [0.25, 0.3) is 0 Å². The maximum Gasteiger partial charge on any atom is 0.325 e. The predicted molar refractivity (Wildman–Crippen MR) is 123 cm³/mol. The van der Waals surface area contributed by atoms with Crippen molar-refractivity contribution in [3.8, 4) is 0 Å². The summed E-state index contributed by atoms with van der Waals surface area (Å²) in [5, 5.41) is 0.0266. The number of thiol groups is 1. The third-order valence-corrected chi connectivity index (χ3v) is 6.51. The van der Waals surface area contributed by atoms with Gasteiger partial charge in [-0.3, -0.25) is 14.5 Å². The van der Waals surface area contributed by atoms with Crippen LogP contribution in [0, 0.1) is 11.7 Å². The number of esters is 1. The lowest BCUT2D eigenvalue weighted by Gasteiger charge is -2.37. The number of piperidine rings is 1. The van der Waals surface area contributed by atoms with Crippen molar-refractivity contribution in [3.63, 3.8) is 0 Å². The Labute approximate surface area is 192 Å². The summed E-state index contributed by atoms with van der Waals surface area (Å²) in [6, 6.07) is 5.97. The van der Waals surface area contributed by atoms with Crippen LogP contribution in [0.5, 0.6) is 0 Å². The number of imidazole rings is 1. The third kappa shape index (κ3) is 5.30. The summed E-state index contributed by atoms with van der Waals surface area (Å²) < 4.78 is 21.3. The molecule has 0 radical (unpaired) electrons. The number of benzene rings is 1. The molecule has 32 heavy (non-hydrogen) atoms. The molecule has 1 aromatic carbocycles. The SMILES string of the molecule is CCOC(=O)Cn1cnc(/C=C2\CN(C(C(=O)C3CC3)c3ccccc3F)CCC2S)c1. The smallest absolute Gasteiger partial charge is 0.325 e. The minimum Gasteiger partial charge on any atom is -0.465 e. The number of carbonyl (C=O) groups excluding carboxylic acids is 2. The van der Waals surface area contributed by atoms with E-state index in [1.54, 1.807) is 42.2 Å². The van der Waals surface area contributed by atoms with Gasteiger partial charge in [0.15, 0.2) is 5.78 Å². The number of halogens is 1. The van der Waals surface area contributed by atoms with Crippen molar-refractivity contribution in [2.24, 2.45) is 5.92 Å². The van der Waals surface area contributed by atoms with Crippen molar-refractivity contribution in [2.45, 2.75) is 44.0 Å². The van der Waals surface area contributed by atoms with Gasteiger partial charge in [-0.25, -0.2) is 9.37 Å². The van der Waals surface area contributed by atoms with E-state index < -0.39 is 6.04 Å². The van der Waals surface area contributed by atoms with E-state index in [-0.39, 0.29) is 35.3 Å². The van der Waals surface area contributed by atoms with E-state index in [0.717, 1.165) is 24.8 Å². The molecule has 4 rings (SSSR count). The molecule has 6 nitrogen and oxygen atoms in total. The van der Waals surface area contributed by atoms with Crippen molar-refractivity contribution < 1.29 is 18.7 Å². The maximum atomic E-state index is 14.7. The Morgan fingerprint density at radius 3 is 2.81 bits per heavy atom. The Morgan fingerprint density at radius 2 is 2.09 bits per heavy atom. The Balaban J connectivity index is 1.55. The molecule has 1 saturated carbocycles. The molecular weight excluding hydrogens is 429 g/mol. The highest BCUT2D eigenvalue weighted by atomic mass is 32.1. The van der Waals surface area contributed by atoms with Crippen LogP contribution < -0.4 is 0 Å². The van der Waals surface area contributed by atoms with Crippen molar-refractivity contribution in [1.82, 2.24) is 14.5 Å². The number of likely N-dealkylation sites (tertiary alicyclic amines) is 1. The monoisotopic (exact) mass is 457 g/mol. The van der Waals surface area contributed by atoms with Crippen molar-refractivity contribution in [1.29, 1.82) is 0 Å². The molecular formula is C24H28FN3O3S. The van der Waals surface area contributed by atoms with Crippen molar-refractivity contribution in [3.05, 3.63) is 59.4 Å². The molecule has 170 valence electrons. The lowest BCUT2D eigenvalue weighted by Crippen LogP contribution is -2.42. The van der Waals surface area contributed by atoms with Gasteiger partial charge in [-0.2, -0.15) is 12.6 Å². The molecule has 1 aromatic heterocycles. The summed E-state index contributed by atoms with van der Waals surface area (Å²) in [5.41, 5.74) is 2.17. The molecule has 0 N–H and O–H groups in total. The summed E-state index contributed by atoms with van der Waals surface area (Å²) >= 11 is 4.74. The normalized spacial score (nSPS) is 21.5. The highest BCUT2D eigenvalue weighted by Crippen LogP contribution is 2.39. The molecule has 1 saturated heterocycles. The summed E-state index contributed by atoms with van der Waals surface area (Å²) in [4.78, 5) is 31.3. The van der Waals surface area contributed by atoms with E-state index in [2.05, 4.69) is 9.88 Å². The Kier molecular flexibility index (Phi) is 7.10. The minimum absolute atomic E-state index is 0.0266. The maximum absolute atomic E-state index is 14.7. The number of carbonyl (C=O) groups is 2. The Hall–Kier alpha value is -2.45. The minimum atomic E-state index is -0.589. The summed E-state index contributed by atoms with van der Waals surface area (Å²) in [6.07, 6.45) is 7.84. The first kappa shape index (κ1) is 22.7. The van der Waals surface area contributed by atoms with E-state index >= 15 is 0 Å². The van der Waals surface area contributed by atoms with E-state index in [1.807, 2.05) is 6.08 Å². The van der Waals surface area contributed by atoms with Gasteiger partial charge in [-0.1, -0.05) is 18.2 Å². The standard InChI is InChI=1S/C24H28FN3O3S/c1-2-31-22(29)14-27-13-18(26-15-27)11-17-12-28(10-9-21(17)32)23(24(30)16-7-8-16)19-5-3-4-6-20(19)25/h3-6,11,13,15-16,21,23,32H,2,7-10,12,14H2,1H3/b17-11+. The summed E-state index contributed by atoms with van der Waals surface area (Å²) in [7, 11) is 0. The number of hydrogen-bond acceptors (Lipinski definition) is 6. The highest BCUT2D eigenvalue weighted by molar-refractivity contribution is 7.81. The van der Waals surface area contributed by atoms with Crippen LogP contribution in [0.3, 0.4) is 0 Å². The zero-order valence-corrected chi connectivity index (χ0v) is 19.0. The average Bonchev–Trinajstić information content (AvgIpc) is 3.53. The second kappa shape index (κ2) is 10.0. The molecule has 2 heterocycles. The lowest BCUT2D eigenvalue weighted by atomic mass is 9.93. The topological polar surface area (TPSA) is 64.4 Å². The van der Waals surface area contributed by atoms with Crippen molar-refractivity contribution >= 4 is 30.5 Å². The Bertz CT molecular complexity index is 1020. The van der Waals surface area contributed by atoms with Gasteiger partial charge in [-0.05, 0) is 43.9 Å². The number of Topliss-reactive ketones (excluding diaryl/α,β-unsaturated/α-hetero) is 1. The molecule has 2 atom stereocenters. The molecule has 0 amide bonds. The molecule has 2 aliphatic rings. The largest absolute Gasteiger partial charge is 0.465 e. The van der Waals surface area contributed by atoms with E-state index in [1.165, 1.54) is 6.07 Å². The van der Waals surface area contributed by atoms with Gasteiger partial charge in [-0.15, -0.1) is 0 Å². The number of ketones is 1. The molecule has 2 aromatic rings.